The number of rotatable bonds is 4. The third-order valence-electron chi connectivity index (χ3n) is 4.11. The molecule has 2 aromatic carbocycles. The van der Waals surface area contributed by atoms with Crippen LogP contribution in [-0.4, -0.2) is 36.0 Å². The Hall–Kier alpha value is -3.77. The summed E-state index contributed by atoms with van der Waals surface area (Å²) >= 11 is 0. The number of hydrogen-bond acceptors (Lipinski definition) is 4. The fourth-order valence-corrected chi connectivity index (χ4v) is 2.74. The quantitative estimate of drug-likeness (QED) is 0.556. The Labute approximate surface area is 169 Å². The molecule has 2 N–H and O–H groups in total. The second kappa shape index (κ2) is 7.49. The van der Waals surface area contributed by atoms with E-state index >= 15 is 0 Å². The van der Waals surface area contributed by atoms with Crippen LogP contribution in [-0.2, 0) is 4.79 Å². The maximum absolute atomic E-state index is 13.8. The number of ether oxygens (including phenoxy) is 1. The monoisotopic (exact) mass is 447 g/mol. The van der Waals surface area contributed by atoms with Crippen LogP contribution in [0, 0.1) is 0 Å². The van der Waals surface area contributed by atoms with E-state index in [1.54, 1.807) is 0 Å². The summed E-state index contributed by atoms with van der Waals surface area (Å²) in [6, 6.07) is 8.08. The minimum absolute atomic E-state index is 0.0517. The first-order chi connectivity index (χ1) is 14.3. The van der Waals surface area contributed by atoms with E-state index in [-0.39, 0.29) is 10.5 Å². The van der Waals surface area contributed by atoms with Gasteiger partial charge in [-0.05, 0) is 36.4 Å². The first kappa shape index (κ1) is 21.9. The smallest absolute Gasteiger partial charge is 0.406 e. The summed E-state index contributed by atoms with van der Waals surface area (Å²) in [5, 5.41) is 2.94. The molecule has 0 bridgehead atoms. The molecule has 13 heteroatoms. The van der Waals surface area contributed by atoms with Crippen molar-refractivity contribution in [1.29, 1.82) is 0 Å². The van der Waals surface area contributed by atoms with E-state index < -0.39 is 47.5 Å². The van der Waals surface area contributed by atoms with Crippen molar-refractivity contribution in [2.45, 2.75) is 18.2 Å². The van der Waals surface area contributed by atoms with Gasteiger partial charge in [-0.1, -0.05) is 18.2 Å². The average molecular weight is 447 g/mol. The standard InChI is InChI=1S/C18H11F6N3O4/c19-17(20,21)16(25-13(28)10-4-2-1-3-5-10)14(29)27(15(30)26-16)11-6-8-12(9-7-11)31-18(22,23)24/h1-9H,(H,25,28)(H,26,30)/t16-/m0/s1. The van der Waals surface area contributed by atoms with E-state index in [2.05, 4.69) is 4.74 Å². The molecule has 2 aromatic rings. The molecule has 0 saturated carbocycles. The molecule has 0 radical (unpaired) electrons. The van der Waals surface area contributed by atoms with Crippen LogP contribution in [0.25, 0.3) is 0 Å². The number of amides is 4. The number of nitrogens with one attached hydrogen (secondary N) is 2. The van der Waals surface area contributed by atoms with Gasteiger partial charge >= 0.3 is 18.6 Å². The summed E-state index contributed by atoms with van der Waals surface area (Å²) in [5.41, 5.74) is -4.46. The van der Waals surface area contributed by atoms with Crippen molar-refractivity contribution >= 4 is 23.5 Å². The van der Waals surface area contributed by atoms with Gasteiger partial charge < -0.3 is 10.1 Å². The van der Waals surface area contributed by atoms with Crippen LogP contribution < -0.4 is 20.3 Å². The SMILES string of the molecule is O=C(N[C@]1(C(F)(F)F)NC(=O)N(c2ccc(OC(F)(F)F)cc2)C1=O)c1ccccc1. The molecule has 1 saturated heterocycles. The number of hydrogen-bond donors (Lipinski definition) is 2. The summed E-state index contributed by atoms with van der Waals surface area (Å²) in [6.45, 7) is 0. The highest BCUT2D eigenvalue weighted by Gasteiger charge is 2.69. The van der Waals surface area contributed by atoms with Gasteiger partial charge in [0.15, 0.2) is 0 Å². The van der Waals surface area contributed by atoms with Gasteiger partial charge in [0, 0.05) is 5.56 Å². The van der Waals surface area contributed by atoms with E-state index in [1.165, 1.54) is 41.0 Å². The Morgan fingerprint density at radius 1 is 0.935 bits per heavy atom. The fraction of sp³-hybridized carbons (Fsp3) is 0.167. The van der Waals surface area contributed by atoms with Crippen LogP contribution in [0.2, 0.25) is 0 Å². The molecule has 1 heterocycles. The van der Waals surface area contributed by atoms with Gasteiger partial charge in [-0.3, -0.25) is 14.9 Å². The molecule has 1 aliphatic rings. The molecule has 4 amide bonds. The number of urea groups is 1. The van der Waals surface area contributed by atoms with Gasteiger partial charge in [0.2, 0.25) is 0 Å². The second-order valence-corrected chi connectivity index (χ2v) is 6.18. The van der Waals surface area contributed by atoms with Crippen LogP contribution in [0.1, 0.15) is 10.4 Å². The lowest BCUT2D eigenvalue weighted by Crippen LogP contribution is -2.69. The lowest BCUT2D eigenvalue weighted by Gasteiger charge is -2.29. The number of nitrogens with zero attached hydrogens (tertiary/aromatic N) is 1. The average Bonchev–Trinajstić information content (AvgIpc) is 2.92. The van der Waals surface area contributed by atoms with E-state index in [9.17, 15) is 40.7 Å². The number of carbonyl (C=O) groups excluding carboxylic acids is 3. The second-order valence-electron chi connectivity index (χ2n) is 6.18. The van der Waals surface area contributed by atoms with E-state index in [1.807, 2.05) is 0 Å². The van der Waals surface area contributed by atoms with Crippen molar-refractivity contribution in [3.8, 4) is 5.75 Å². The zero-order chi connectivity index (χ0) is 23.0. The number of anilines is 1. The topological polar surface area (TPSA) is 87.7 Å². The number of imide groups is 1. The van der Waals surface area contributed by atoms with E-state index in [4.69, 9.17) is 0 Å². The normalized spacial score (nSPS) is 19.2. The number of carbonyl (C=O) groups is 3. The third kappa shape index (κ3) is 4.25. The number of benzene rings is 2. The first-order valence-corrected chi connectivity index (χ1v) is 8.31. The molecule has 1 aliphatic heterocycles. The predicted molar refractivity (Wildman–Crippen MR) is 91.8 cm³/mol. The largest absolute Gasteiger partial charge is 0.573 e. The van der Waals surface area contributed by atoms with E-state index in [0.717, 1.165) is 12.1 Å². The van der Waals surface area contributed by atoms with Crippen molar-refractivity contribution in [1.82, 2.24) is 10.6 Å². The Kier molecular flexibility index (Phi) is 5.29. The molecular formula is C18H11F6N3O4. The highest BCUT2D eigenvalue weighted by molar-refractivity contribution is 6.24. The summed E-state index contributed by atoms with van der Waals surface area (Å²) in [7, 11) is 0. The molecule has 1 fully saturated rings. The molecule has 3 rings (SSSR count). The molecular weight excluding hydrogens is 436 g/mol. The van der Waals surface area contributed by atoms with Crippen molar-refractivity contribution < 1.29 is 45.5 Å². The summed E-state index contributed by atoms with van der Waals surface area (Å²) in [4.78, 5) is 37.2. The predicted octanol–water partition coefficient (Wildman–Crippen LogP) is 3.33. The molecule has 164 valence electrons. The van der Waals surface area contributed by atoms with Crippen LogP contribution in [0.5, 0.6) is 5.75 Å². The van der Waals surface area contributed by atoms with Crippen LogP contribution in [0.15, 0.2) is 54.6 Å². The number of halogens is 6. The molecule has 0 spiro atoms. The molecule has 7 nitrogen and oxygen atoms in total. The minimum Gasteiger partial charge on any atom is -0.406 e. The third-order valence-corrected chi connectivity index (χ3v) is 4.11. The zero-order valence-electron chi connectivity index (χ0n) is 15.0. The van der Waals surface area contributed by atoms with Crippen molar-refractivity contribution in [2.75, 3.05) is 4.90 Å². The summed E-state index contributed by atoms with van der Waals surface area (Å²) in [6.07, 6.45) is -10.5. The zero-order valence-corrected chi connectivity index (χ0v) is 15.0. The Bertz CT molecular complexity index is 1010. The highest BCUT2D eigenvalue weighted by atomic mass is 19.4. The lowest BCUT2D eigenvalue weighted by molar-refractivity contribution is -0.274. The molecule has 31 heavy (non-hydrogen) atoms. The summed E-state index contributed by atoms with van der Waals surface area (Å²) in [5.74, 6) is -3.90. The highest BCUT2D eigenvalue weighted by Crippen LogP contribution is 2.36. The summed E-state index contributed by atoms with van der Waals surface area (Å²) < 4.78 is 81.9. The maximum Gasteiger partial charge on any atom is 0.573 e. The molecule has 0 aromatic heterocycles. The molecule has 0 unspecified atom stereocenters. The van der Waals surface area contributed by atoms with Crippen LogP contribution in [0.3, 0.4) is 0 Å². The van der Waals surface area contributed by atoms with Gasteiger partial charge in [0.05, 0.1) is 5.69 Å². The lowest BCUT2D eigenvalue weighted by atomic mass is 10.1. The molecule has 0 aliphatic carbocycles. The van der Waals surface area contributed by atoms with Gasteiger partial charge in [-0.25, -0.2) is 9.69 Å². The van der Waals surface area contributed by atoms with E-state index in [0.29, 0.717) is 12.1 Å². The Morgan fingerprint density at radius 2 is 1.52 bits per heavy atom. The minimum atomic E-state index is -5.45. The van der Waals surface area contributed by atoms with Crippen LogP contribution >= 0.6 is 0 Å². The van der Waals surface area contributed by atoms with Crippen LogP contribution in [0.4, 0.5) is 36.8 Å². The van der Waals surface area contributed by atoms with Gasteiger partial charge in [0.25, 0.3) is 17.5 Å². The van der Waals surface area contributed by atoms with Gasteiger partial charge in [-0.15, -0.1) is 13.2 Å². The van der Waals surface area contributed by atoms with Gasteiger partial charge in [-0.2, -0.15) is 13.2 Å². The van der Waals surface area contributed by atoms with Crippen molar-refractivity contribution in [3.63, 3.8) is 0 Å². The Morgan fingerprint density at radius 3 is 2.03 bits per heavy atom. The Balaban J connectivity index is 1.93. The number of alkyl halides is 6. The van der Waals surface area contributed by atoms with Crippen molar-refractivity contribution in [3.05, 3.63) is 60.2 Å². The fourth-order valence-electron chi connectivity index (χ4n) is 2.74. The van der Waals surface area contributed by atoms with Crippen molar-refractivity contribution in [2.24, 2.45) is 0 Å². The van der Waals surface area contributed by atoms with Gasteiger partial charge in [0.1, 0.15) is 5.75 Å². The maximum atomic E-state index is 13.8. The first-order valence-electron chi connectivity index (χ1n) is 8.31. The molecule has 1 atom stereocenters.